The molecule has 17 heavy (non-hydrogen) atoms. The molecule has 0 aliphatic rings. The van der Waals surface area contributed by atoms with Crippen molar-refractivity contribution in [2.75, 3.05) is 6.61 Å². The van der Waals surface area contributed by atoms with E-state index in [1.54, 1.807) is 6.92 Å². The van der Waals surface area contributed by atoms with Gasteiger partial charge in [-0.3, -0.25) is 0 Å². The molecule has 2 N–H and O–H groups in total. The van der Waals surface area contributed by atoms with Crippen LogP contribution in [0.25, 0.3) is 0 Å². The summed E-state index contributed by atoms with van der Waals surface area (Å²) in [5.74, 6) is 0. The normalized spacial score (nSPS) is 15.6. The summed E-state index contributed by atoms with van der Waals surface area (Å²) < 4.78 is 5.74. The van der Waals surface area contributed by atoms with E-state index < -0.39 is 11.5 Å². The molecule has 0 aliphatic carbocycles. The minimum absolute atomic E-state index is 0.0165. The van der Waals surface area contributed by atoms with Gasteiger partial charge in [-0.25, -0.2) is 0 Å². The molecular formula is C14H22O3. The van der Waals surface area contributed by atoms with Gasteiger partial charge >= 0.3 is 0 Å². The molecule has 3 heteroatoms. The number of hydrogen-bond donors (Lipinski definition) is 2. The summed E-state index contributed by atoms with van der Waals surface area (Å²) in [7, 11) is 0. The molecule has 0 bridgehead atoms. The average molecular weight is 238 g/mol. The van der Waals surface area contributed by atoms with Crippen LogP contribution in [0, 0.1) is 5.41 Å². The molecule has 1 aromatic carbocycles. The monoisotopic (exact) mass is 238 g/mol. The molecule has 0 aliphatic heterocycles. The van der Waals surface area contributed by atoms with Crippen molar-refractivity contribution in [2.24, 2.45) is 5.41 Å². The van der Waals surface area contributed by atoms with Crippen molar-refractivity contribution in [1.29, 1.82) is 0 Å². The fourth-order valence-electron chi connectivity index (χ4n) is 1.87. The highest BCUT2D eigenvalue weighted by molar-refractivity contribution is 5.13. The molecule has 0 saturated carbocycles. The van der Waals surface area contributed by atoms with Crippen molar-refractivity contribution in [1.82, 2.24) is 0 Å². The molecule has 0 fully saturated rings. The summed E-state index contributed by atoms with van der Waals surface area (Å²) in [6.45, 7) is 5.88. The van der Waals surface area contributed by atoms with Gasteiger partial charge in [-0.05, 0) is 12.5 Å². The molecule has 0 spiro atoms. The lowest BCUT2D eigenvalue weighted by Gasteiger charge is -2.34. The smallest absolute Gasteiger partial charge is 0.0908 e. The molecule has 3 nitrogen and oxygen atoms in total. The van der Waals surface area contributed by atoms with Gasteiger partial charge in [0.25, 0.3) is 0 Å². The molecule has 0 saturated heterocycles. The van der Waals surface area contributed by atoms with Crippen LogP contribution in [0.3, 0.4) is 0 Å². The van der Waals surface area contributed by atoms with E-state index in [2.05, 4.69) is 0 Å². The zero-order valence-electron chi connectivity index (χ0n) is 10.8. The lowest BCUT2D eigenvalue weighted by molar-refractivity contribution is -0.113. The fourth-order valence-corrected chi connectivity index (χ4v) is 1.87. The summed E-state index contributed by atoms with van der Waals surface area (Å²) in [5.41, 5.74) is 0.607. The second-order valence-electron chi connectivity index (χ2n) is 5.10. The molecule has 2 atom stereocenters. The van der Waals surface area contributed by atoms with Crippen LogP contribution in [-0.4, -0.2) is 29.0 Å². The summed E-state index contributed by atoms with van der Waals surface area (Å²) in [6.07, 6.45) is -0.992. The highest BCUT2D eigenvalue weighted by Gasteiger charge is 2.33. The Hall–Kier alpha value is -0.900. The van der Waals surface area contributed by atoms with E-state index in [4.69, 9.17) is 4.74 Å². The highest BCUT2D eigenvalue weighted by Crippen LogP contribution is 2.26. The molecule has 0 heterocycles. The highest BCUT2D eigenvalue weighted by atomic mass is 16.5. The van der Waals surface area contributed by atoms with E-state index >= 15 is 0 Å². The maximum Gasteiger partial charge on any atom is 0.0908 e. The van der Waals surface area contributed by atoms with E-state index in [9.17, 15) is 10.2 Å². The van der Waals surface area contributed by atoms with Gasteiger partial charge in [0.05, 0.1) is 25.4 Å². The van der Waals surface area contributed by atoms with Gasteiger partial charge in [-0.1, -0.05) is 44.2 Å². The molecule has 96 valence electrons. The number of aliphatic hydroxyl groups is 2. The van der Waals surface area contributed by atoms with E-state index in [0.29, 0.717) is 6.61 Å². The van der Waals surface area contributed by atoms with Gasteiger partial charge in [-0.15, -0.1) is 0 Å². The number of aliphatic hydroxyl groups excluding tert-OH is 2. The summed E-state index contributed by atoms with van der Waals surface area (Å²) >= 11 is 0. The van der Waals surface area contributed by atoms with Crippen LogP contribution in [0.15, 0.2) is 30.3 Å². The standard InChI is InChI=1S/C14H22O3/c1-11(16)13(14(2,3)10-15)17-9-12-7-5-4-6-8-12/h4-8,11,13,15-16H,9-10H2,1-3H3/t11-,13+/m0/s1. The molecule has 1 rings (SSSR count). The van der Waals surface area contributed by atoms with Gasteiger partial charge in [0.1, 0.15) is 0 Å². The number of rotatable bonds is 6. The van der Waals surface area contributed by atoms with Crippen LogP contribution in [0.4, 0.5) is 0 Å². The van der Waals surface area contributed by atoms with Crippen LogP contribution in [0.2, 0.25) is 0 Å². The Labute approximate surface area is 103 Å². The maximum atomic E-state index is 9.72. The topological polar surface area (TPSA) is 49.7 Å². The Bertz CT molecular complexity index is 319. The summed E-state index contributed by atoms with van der Waals surface area (Å²) in [4.78, 5) is 0. The number of ether oxygens (including phenoxy) is 1. The van der Waals surface area contributed by atoms with Crippen molar-refractivity contribution in [3.8, 4) is 0 Å². The zero-order valence-corrected chi connectivity index (χ0v) is 10.8. The zero-order chi connectivity index (χ0) is 12.9. The first-order valence-corrected chi connectivity index (χ1v) is 5.92. The van der Waals surface area contributed by atoms with Gasteiger partial charge < -0.3 is 14.9 Å². The predicted octanol–water partition coefficient (Wildman–Crippen LogP) is 1.97. The van der Waals surface area contributed by atoms with Crippen LogP contribution in [0.5, 0.6) is 0 Å². The minimum Gasteiger partial charge on any atom is -0.396 e. The van der Waals surface area contributed by atoms with Crippen LogP contribution >= 0.6 is 0 Å². The lowest BCUT2D eigenvalue weighted by Crippen LogP contribution is -2.42. The SMILES string of the molecule is C[C@H](O)[C@@H](OCc1ccccc1)C(C)(C)CO. The number of benzene rings is 1. The Morgan fingerprint density at radius 3 is 2.29 bits per heavy atom. The first-order valence-electron chi connectivity index (χ1n) is 5.92. The van der Waals surface area contributed by atoms with Crippen molar-refractivity contribution in [3.63, 3.8) is 0 Å². The summed E-state index contributed by atoms with van der Waals surface area (Å²) in [6, 6.07) is 9.81. The van der Waals surface area contributed by atoms with Crippen molar-refractivity contribution in [3.05, 3.63) is 35.9 Å². The lowest BCUT2D eigenvalue weighted by atomic mass is 9.84. The molecular weight excluding hydrogens is 216 g/mol. The second kappa shape index (κ2) is 6.15. The average Bonchev–Trinajstić information content (AvgIpc) is 2.30. The third kappa shape index (κ3) is 4.11. The predicted molar refractivity (Wildman–Crippen MR) is 67.6 cm³/mol. The first kappa shape index (κ1) is 14.2. The first-order chi connectivity index (χ1) is 7.97. The molecule has 0 aromatic heterocycles. The van der Waals surface area contributed by atoms with E-state index in [1.165, 1.54) is 0 Å². The van der Waals surface area contributed by atoms with Gasteiger partial charge in [0, 0.05) is 5.41 Å². The Morgan fingerprint density at radius 1 is 1.24 bits per heavy atom. The van der Waals surface area contributed by atoms with Gasteiger partial charge in [-0.2, -0.15) is 0 Å². The number of hydrogen-bond acceptors (Lipinski definition) is 3. The Balaban J connectivity index is 2.63. The maximum absolute atomic E-state index is 9.72. The fraction of sp³-hybridized carbons (Fsp3) is 0.571. The van der Waals surface area contributed by atoms with Crippen molar-refractivity contribution in [2.45, 2.75) is 39.6 Å². The second-order valence-corrected chi connectivity index (χ2v) is 5.10. The summed E-state index contributed by atoms with van der Waals surface area (Å²) in [5, 5.41) is 19.0. The molecule has 0 radical (unpaired) electrons. The van der Waals surface area contributed by atoms with Crippen molar-refractivity contribution >= 4 is 0 Å². The molecule has 1 aromatic rings. The Kier molecular flexibility index (Phi) is 5.12. The minimum atomic E-state index is -0.610. The van der Waals surface area contributed by atoms with E-state index in [0.717, 1.165) is 5.56 Å². The quantitative estimate of drug-likeness (QED) is 0.796. The third-order valence-electron chi connectivity index (χ3n) is 2.89. The van der Waals surface area contributed by atoms with Gasteiger partial charge in [0.2, 0.25) is 0 Å². The largest absolute Gasteiger partial charge is 0.396 e. The van der Waals surface area contributed by atoms with Crippen LogP contribution in [-0.2, 0) is 11.3 Å². The van der Waals surface area contributed by atoms with Crippen LogP contribution in [0.1, 0.15) is 26.3 Å². The third-order valence-corrected chi connectivity index (χ3v) is 2.89. The van der Waals surface area contributed by atoms with Gasteiger partial charge in [0.15, 0.2) is 0 Å². The van der Waals surface area contributed by atoms with Crippen LogP contribution < -0.4 is 0 Å². The Morgan fingerprint density at radius 2 is 1.82 bits per heavy atom. The molecule has 0 unspecified atom stereocenters. The van der Waals surface area contributed by atoms with Crippen molar-refractivity contribution < 1.29 is 14.9 Å². The van der Waals surface area contributed by atoms with E-state index in [1.807, 2.05) is 44.2 Å². The van der Waals surface area contributed by atoms with E-state index in [-0.39, 0.29) is 12.7 Å². The molecule has 0 amide bonds.